The molecule has 1 heterocycles. The van der Waals surface area contributed by atoms with Crippen molar-refractivity contribution in [3.8, 4) is 11.5 Å². The first-order valence-electron chi connectivity index (χ1n) is 7.06. The number of nitro benzene ring substituents is 1. The standard InChI is InChI=1S/C17H14N2O4/c20-16(14-8-4-5-9-15(14)19(21)22)10-13-11-18-17(23-13)12-6-2-1-3-7-12/h1-9,11,16,20H,10H2/t16-/m0/s1. The molecule has 1 N–H and O–H groups in total. The smallest absolute Gasteiger partial charge is 0.275 e. The lowest BCUT2D eigenvalue weighted by molar-refractivity contribution is -0.386. The van der Waals surface area contributed by atoms with Gasteiger partial charge < -0.3 is 9.52 Å². The quantitative estimate of drug-likeness (QED) is 0.575. The summed E-state index contributed by atoms with van der Waals surface area (Å²) in [4.78, 5) is 14.7. The summed E-state index contributed by atoms with van der Waals surface area (Å²) in [6.45, 7) is 0. The molecule has 6 heteroatoms. The van der Waals surface area contributed by atoms with Crippen LogP contribution in [0.15, 0.2) is 65.2 Å². The molecule has 1 aromatic heterocycles. The molecule has 116 valence electrons. The molecule has 6 nitrogen and oxygen atoms in total. The van der Waals surface area contributed by atoms with E-state index in [1.807, 2.05) is 30.3 Å². The normalized spacial score (nSPS) is 12.0. The Morgan fingerprint density at radius 3 is 2.57 bits per heavy atom. The SMILES string of the molecule is O=[N+]([O-])c1ccccc1[C@@H](O)Cc1cnc(-c2ccccc2)o1. The van der Waals surface area contributed by atoms with E-state index in [1.54, 1.807) is 12.1 Å². The summed E-state index contributed by atoms with van der Waals surface area (Å²) in [6, 6.07) is 15.5. The molecule has 0 amide bonds. The van der Waals surface area contributed by atoms with Gasteiger partial charge in [-0.3, -0.25) is 10.1 Å². The first kappa shape index (κ1) is 14.9. The summed E-state index contributed by atoms with van der Waals surface area (Å²) in [5.74, 6) is 0.921. The first-order valence-corrected chi connectivity index (χ1v) is 7.06. The molecule has 0 unspecified atom stereocenters. The number of rotatable bonds is 5. The molecule has 0 aliphatic heterocycles. The molecule has 0 radical (unpaired) electrons. The van der Waals surface area contributed by atoms with E-state index in [0.29, 0.717) is 11.7 Å². The fourth-order valence-corrected chi connectivity index (χ4v) is 2.35. The molecular weight excluding hydrogens is 296 g/mol. The van der Waals surface area contributed by atoms with Gasteiger partial charge >= 0.3 is 0 Å². The molecule has 3 rings (SSSR count). The molecule has 0 saturated heterocycles. The Kier molecular flexibility index (Phi) is 4.16. The van der Waals surface area contributed by atoms with Crippen LogP contribution in [0.2, 0.25) is 0 Å². The molecule has 3 aromatic rings. The van der Waals surface area contributed by atoms with Crippen LogP contribution >= 0.6 is 0 Å². The Morgan fingerprint density at radius 1 is 1.13 bits per heavy atom. The maximum Gasteiger partial charge on any atom is 0.275 e. The van der Waals surface area contributed by atoms with Crippen molar-refractivity contribution in [3.63, 3.8) is 0 Å². The number of hydrogen-bond donors (Lipinski definition) is 1. The Morgan fingerprint density at radius 2 is 1.83 bits per heavy atom. The highest BCUT2D eigenvalue weighted by atomic mass is 16.6. The Hall–Kier alpha value is -2.99. The second kappa shape index (κ2) is 6.41. The van der Waals surface area contributed by atoms with Gasteiger partial charge in [0.1, 0.15) is 5.76 Å². The lowest BCUT2D eigenvalue weighted by atomic mass is 10.0. The minimum absolute atomic E-state index is 0.109. The van der Waals surface area contributed by atoms with E-state index in [4.69, 9.17) is 4.42 Å². The molecule has 0 bridgehead atoms. The van der Waals surface area contributed by atoms with Gasteiger partial charge in [0.25, 0.3) is 5.69 Å². The molecule has 0 spiro atoms. The topological polar surface area (TPSA) is 89.4 Å². The number of aromatic nitrogens is 1. The third kappa shape index (κ3) is 3.27. The molecule has 0 aliphatic rings. The number of aliphatic hydroxyl groups is 1. The minimum atomic E-state index is -1.03. The predicted octanol–water partition coefficient (Wildman–Crippen LogP) is 3.53. The minimum Gasteiger partial charge on any atom is -0.441 e. The van der Waals surface area contributed by atoms with Gasteiger partial charge in [-0.25, -0.2) is 4.98 Å². The molecule has 2 aromatic carbocycles. The zero-order valence-electron chi connectivity index (χ0n) is 12.1. The Labute approximate surface area is 132 Å². The van der Waals surface area contributed by atoms with Gasteiger partial charge in [0, 0.05) is 18.1 Å². The van der Waals surface area contributed by atoms with E-state index in [2.05, 4.69) is 4.98 Å². The van der Waals surface area contributed by atoms with Crippen LogP contribution in [-0.2, 0) is 6.42 Å². The molecule has 1 atom stereocenters. The van der Waals surface area contributed by atoms with Crippen LogP contribution in [0.3, 0.4) is 0 Å². The van der Waals surface area contributed by atoms with Crippen LogP contribution in [0.25, 0.3) is 11.5 Å². The number of hydrogen-bond acceptors (Lipinski definition) is 5. The summed E-state index contributed by atoms with van der Waals surface area (Å²) in [5, 5.41) is 21.3. The molecule has 0 saturated carbocycles. The maximum atomic E-state index is 11.0. The van der Waals surface area contributed by atoms with Crippen LogP contribution in [0.4, 0.5) is 5.69 Å². The van der Waals surface area contributed by atoms with Crippen molar-refractivity contribution in [3.05, 3.63) is 82.2 Å². The van der Waals surface area contributed by atoms with E-state index < -0.39 is 11.0 Å². The highest BCUT2D eigenvalue weighted by Crippen LogP contribution is 2.28. The number of benzene rings is 2. The lowest BCUT2D eigenvalue weighted by Crippen LogP contribution is -2.04. The summed E-state index contributed by atoms with van der Waals surface area (Å²) in [7, 11) is 0. The average molecular weight is 310 g/mol. The monoisotopic (exact) mass is 310 g/mol. The van der Waals surface area contributed by atoms with Gasteiger partial charge in [0.05, 0.1) is 22.8 Å². The van der Waals surface area contributed by atoms with Gasteiger partial charge in [-0.1, -0.05) is 30.3 Å². The molecule has 0 aliphatic carbocycles. The van der Waals surface area contributed by atoms with E-state index >= 15 is 0 Å². The van der Waals surface area contributed by atoms with Crippen LogP contribution in [-0.4, -0.2) is 15.0 Å². The van der Waals surface area contributed by atoms with Gasteiger partial charge in [-0.2, -0.15) is 0 Å². The third-order valence-corrected chi connectivity index (χ3v) is 3.46. The summed E-state index contributed by atoms with van der Waals surface area (Å²) < 4.78 is 5.62. The van der Waals surface area contributed by atoms with E-state index in [0.717, 1.165) is 5.56 Å². The number of aliphatic hydroxyl groups excluding tert-OH is 1. The van der Waals surface area contributed by atoms with Crippen molar-refractivity contribution >= 4 is 5.69 Å². The second-order valence-corrected chi connectivity index (χ2v) is 5.03. The average Bonchev–Trinajstić information content (AvgIpc) is 3.04. The van der Waals surface area contributed by atoms with E-state index in [-0.39, 0.29) is 17.7 Å². The van der Waals surface area contributed by atoms with Crippen LogP contribution in [0, 0.1) is 10.1 Å². The summed E-state index contributed by atoms with van der Waals surface area (Å²) in [5.41, 5.74) is 0.983. The summed E-state index contributed by atoms with van der Waals surface area (Å²) >= 11 is 0. The molecule has 0 fully saturated rings. The number of nitrogens with zero attached hydrogens (tertiary/aromatic N) is 2. The van der Waals surface area contributed by atoms with E-state index in [9.17, 15) is 15.2 Å². The van der Waals surface area contributed by atoms with Crippen LogP contribution in [0.1, 0.15) is 17.4 Å². The largest absolute Gasteiger partial charge is 0.441 e. The van der Waals surface area contributed by atoms with Gasteiger partial charge in [0.2, 0.25) is 5.89 Å². The van der Waals surface area contributed by atoms with Crippen molar-refractivity contribution < 1.29 is 14.4 Å². The van der Waals surface area contributed by atoms with Gasteiger partial charge in [-0.05, 0) is 18.2 Å². The highest BCUT2D eigenvalue weighted by molar-refractivity contribution is 5.52. The highest BCUT2D eigenvalue weighted by Gasteiger charge is 2.21. The first-order chi connectivity index (χ1) is 11.1. The van der Waals surface area contributed by atoms with Crippen LogP contribution in [0.5, 0.6) is 0 Å². The second-order valence-electron chi connectivity index (χ2n) is 5.03. The van der Waals surface area contributed by atoms with Crippen molar-refractivity contribution in [2.45, 2.75) is 12.5 Å². The lowest BCUT2D eigenvalue weighted by Gasteiger charge is -2.09. The van der Waals surface area contributed by atoms with Gasteiger partial charge in [-0.15, -0.1) is 0 Å². The third-order valence-electron chi connectivity index (χ3n) is 3.46. The van der Waals surface area contributed by atoms with Crippen molar-refractivity contribution in [2.75, 3.05) is 0 Å². The fourth-order valence-electron chi connectivity index (χ4n) is 2.35. The molecule has 23 heavy (non-hydrogen) atoms. The predicted molar refractivity (Wildman–Crippen MR) is 83.7 cm³/mol. The van der Waals surface area contributed by atoms with E-state index in [1.165, 1.54) is 18.3 Å². The maximum absolute atomic E-state index is 11.0. The Bertz CT molecular complexity index is 814. The van der Waals surface area contributed by atoms with Crippen molar-refractivity contribution in [1.82, 2.24) is 4.98 Å². The zero-order valence-corrected chi connectivity index (χ0v) is 12.1. The number of oxazole rings is 1. The van der Waals surface area contributed by atoms with Crippen molar-refractivity contribution in [2.24, 2.45) is 0 Å². The van der Waals surface area contributed by atoms with Gasteiger partial charge in [0.15, 0.2) is 0 Å². The van der Waals surface area contributed by atoms with Crippen molar-refractivity contribution in [1.29, 1.82) is 0 Å². The summed E-state index contributed by atoms with van der Waals surface area (Å²) in [6.07, 6.45) is 0.610. The molecular formula is C17H14N2O4. The van der Waals surface area contributed by atoms with Crippen LogP contribution < -0.4 is 0 Å². The Balaban J connectivity index is 1.80. The zero-order chi connectivity index (χ0) is 16.2. The number of nitro groups is 1. The fraction of sp³-hybridized carbons (Fsp3) is 0.118. The number of para-hydroxylation sites is 1.